The summed E-state index contributed by atoms with van der Waals surface area (Å²) < 4.78 is 39.4. The molecule has 0 heterocycles. The standard InChI is InChI=1S/C31H39N3O6S/c1-5-7-20-32-31(36)29(6-2)33(22-24-12-11-13-27(21-24)40-4)30(35)23-34(25-16-18-26(39-3)19-17-25)41(37,38)28-14-9-8-10-15-28/h8-19,21,29H,5-7,20,22-23H2,1-4H3,(H,32,36). The zero-order valence-electron chi connectivity index (χ0n) is 24.1. The molecule has 0 saturated heterocycles. The number of anilines is 1. The van der Waals surface area contributed by atoms with Crippen molar-refractivity contribution in [2.45, 2.75) is 50.6 Å². The quantitative estimate of drug-likeness (QED) is 0.263. The summed E-state index contributed by atoms with van der Waals surface area (Å²) in [6.07, 6.45) is 2.08. The van der Waals surface area contributed by atoms with Crippen LogP contribution in [0.1, 0.15) is 38.7 Å². The Balaban J connectivity index is 2.03. The number of benzene rings is 3. The Kier molecular flexibility index (Phi) is 11.6. The maximum absolute atomic E-state index is 14.1. The fourth-order valence-corrected chi connectivity index (χ4v) is 5.83. The average molecular weight is 582 g/mol. The van der Waals surface area contributed by atoms with E-state index in [1.54, 1.807) is 61.7 Å². The summed E-state index contributed by atoms with van der Waals surface area (Å²) in [5.74, 6) is 0.369. The summed E-state index contributed by atoms with van der Waals surface area (Å²) in [6, 6.07) is 20.8. The van der Waals surface area contributed by atoms with Crippen LogP contribution in [0.4, 0.5) is 5.69 Å². The molecule has 0 spiro atoms. The van der Waals surface area contributed by atoms with Gasteiger partial charge in [-0.3, -0.25) is 13.9 Å². The highest BCUT2D eigenvalue weighted by Gasteiger charge is 2.33. The first-order valence-electron chi connectivity index (χ1n) is 13.7. The molecule has 0 fully saturated rings. The van der Waals surface area contributed by atoms with E-state index >= 15 is 0 Å². The van der Waals surface area contributed by atoms with Crippen molar-refractivity contribution in [1.82, 2.24) is 10.2 Å². The minimum atomic E-state index is -4.13. The number of nitrogens with zero attached hydrogens (tertiary/aromatic N) is 2. The summed E-state index contributed by atoms with van der Waals surface area (Å²) in [4.78, 5) is 28.9. The van der Waals surface area contributed by atoms with Crippen LogP contribution in [0.2, 0.25) is 0 Å². The van der Waals surface area contributed by atoms with E-state index in [2.05, 4.69) is 5.32 Å². The van der Waals surface area contributed by atoms with E-state index < -0.39 is 28.5 Å². The van der Waals surface area contributed by atoms with Crippen molar-refractivity contribution < 1.29 is 27.5 Å². The van der Waals surface area contributed by atoms with Crippen LogP contribution >= 0.6 is 0 Å². The fourth-order valence-electron chi connectivity index (χ4n) is 4.39. The topological polar surface area (TPSA) is 105 Å². The predicted octanol–water partition coefficient (Wildman–Crippen LogP) is 4.62. The smallest absolute Gasteiger partial charge is 0.264 e. The fraction of sp³-hybridized carbons (Fsp3) is 0.355. The van der Waals surface area contributed by atoms with Crippen LogP contribution < -0.4 is 19.1 Å². The molecule has 0 aliphatic rings. The molecule has 1 atom stereocenters. The number of unbranched alkanes of at least 4 members (excludes halogenated alkanes) is 1. The van der Waals surface area contributed by atoms with Crippen molar-refractivity contribution in [3.63, 3.8) is 0 Å². The minimum absolute atomic E-state index is 0.0484. The summed E-state index contributed by atoms with van der Waals surface area (Å²) in [5, 5.41) is 2.93. The zero-order valence-corrected chi connectivity index (χ0v) is 24.9. The molecule has 0 bridgehead atoms. The molecule has 9 nitrogen and oxygen atoms in total. The van der Waals surface area contributed by atoms with Gasteiger partial charge in [-0.15, -0.1) is 0 Å². The lowest BCUT2D eigenvalue weighted by Crippen LogP contribution is -2.52. The maximum atomic E-state index is 14.1. The van der Waals surface area contributed by atoms with Crippen LogP contribution in [0.3, 0.4) is 0 Å². The Hall–Kier alpha value is -4.05. The number of carbonyl (C=O) groups excluding carboxylic acids is 2. The molecule has 3 aromatic carbocycles. The van der Waals surface area contributed by atoms with Gasteiger partial charge < -0.3 is 19.7 Å². The van der Waals surface area contributed by atoms with Crippen molar-refractivity contribution >= 4 is 27.5 Å². The van der Waals surface area contributed by atoms with Crippen molar-refractivity contribution in [2.24, 2.45) is 0 Å². The molecule has 3 rings (SSSR count). The van der Waals surface area contributed by atoms with Crippen LogP contribution in [-0.2, 0) is 26.2 Å². The second kappa shape index (κ2) is 15.1. The van der Waals surface area contributed by atoms with Gasteiger partial charge in [0.15, 0.2) is 0 Å². The average Bonchev–Trinajstić information content (AvgIpc) is 3.00. The molecule has 0 aliphatic heterocycles. The molecular formula is C31H39N3O6S. The van der Waals surface area contributed by atoms with E-state index in [1.807, 2.05) is 26.0 Å². The molecule has 2 amide bonds. The van der Waals surface area contributed by atoms with E-state index in [-0.39, 0.29) is 17.3 Å². The molecule has 0 radical (unpaired) electrons. The summed E-state index contributed by atoms with van der Waals surface area (Å²) >= 11 is 0. The van der Waals surface area contributed by atoms with Crippen molar-refractivity contribution in [1.29, 1.82) is 0 Å². The van der Waals surface area contributed by atoms with Crippen LogP contribution in [0.15, 0.2) is 83.8 Å². The lowest BCUT2D eigenvalue weighted by atomic mass is 10.1. The number of nitrogens with one attached hydrogen (secondary N) is 1. The van der Waals surface area contributed by atoms with Gasteiger partial charge in [0.2, 0.25) is 11.8 Å². The molecule has 220 valence electrons. The number of amides is 2. The maximum Gasteiger partial charge on any atom is 0.264 e. The van der Waals surface area contributed by atoms with Gasteiger partial charge in [-0.25, -0.2) is 8.42 Å². The van der Waals surface area contributed by atoms with Gasteiger partial charge in [0, 0.05) is 13.1 Å². The Labute approximate surface area is 243 Å². The van der Waals surface area contributed by atoms with E-state index in [9.17, 15) is 18.0 Å². The van der Waals surface area contributed by atoms with Crippen molar-refractivity contribution in [3.8, 4) is 11.5 Å². The molecule has 0 saturated carbocycles. The Morgan fingerprint density at radius 1 is 0.878 bits per heavy atom. The Morgan fingerprint density at radius 2 is 1.56 bits per heavy atom. The number of ether oxygens (including phenoxy) is 2. The largest absolute Gasteiger partial charge is 0.497 e. The van der Waals surface area contributed by atoms with Gasteiger partial charge in [0.1, 0.15) is 24.1 Å². The number of hydrogen-bond acceptors (Lipinski definition) is 6. The SMILES string of the molecule is CCCCNC(=O)C(CC)N(Cc1cccc(OC)c1)C(=O)CN(c1ccc(OC)cc1)S(=O)(=O)c1ccccc1. The van der Waals surface area contributed by atoms with Gasteiger partial charge in [-0.05, 0) is 66.9 Å². The van der Waals surface area contributed by atoms with Gasteiger partial charge in [0.05, 0.1) is 24.8 Å². The predicted molar refractivity (Wildman–Crippen MR) is 160 cm³/mol. The number of sulfonamides is 1. The monoisotopic (exact) mass is 581 g/mol. The number of rotatable bonds is 15. The number of carbonyl (C=O) groups is 2. The second-order valence-corrected chi connectivity index (χ2v) is 11.3. The number of hydrogen-bond donors (Lipinski definition) is 1. The van der Waals surface area contributed by atoms with Gasteiger partial charge in [-0.2, -0.15) is 0 Å². The van der Waals surface area contributed by atoms with Gasteiger partial charge >= 0.3 is 0 Å². The summed E-state index contributed by atoms with van der Waals surface area (Å²) in [6.45, 7) is 3.94. The lowest BCUT2D eigenvalue weighted by molar-refractivity contribution is -0.140. The van der Waals surface area contributed by atoms with Crippen molar-refractivity contribution in [2.75, 3.05) is 31.6 Å². The van der Waals surface area contributed by atoms with E-state index in [0.29, 0.717) is 30.2 Å². The Bertz CT molecular complexity index is 1380. The normalized spacial score (nSPS) is 11.8. The van der Waals surface area contributed by atoms with Crippen molar-refractivity contribution in [3.05, 3.63) is 84.4 Å². The first kappa shape index (κ1) is 31.5. The number of methoxy groups -OCH3 is 2. The summed E-state index contributed by atoms with van der Waals surface area (Å²) in [5.41, 5.74) is 1.05. The minimum Gasteiger partial charge on any atom is -0.497 e. The van der Waals surface area contributed by atoms with Gasteiger partial charge in [-0.1, -0.05) is 50.6 Å². The molecular weight excluding hydrogens is 542 g/mol. The van der Waals surface area contributed by atoms with Crippen LogP contribution in [0.25, 0.3) is 0 Å². The van der Waals surface area contributed by atoms with E-state index in [1.165, 1.54) is 24.1 Å². The van der Waals surface area contributed by atoms with Crippen LogP contribution in [0, 0.1) is 0 Å². The Morgan fingerprint density at radius 3 is 2.17 bits per heavy atom. The third-order valence-corrected chi connectivity index (χ3v) is 8.46. The highest BCUT2D eigenvalue weighted by atomic mass is 32.2. The molecule has 1 unspecified atom stereocenters. The highest BCUT2D eigenvalue weighted by Crippen LogP contribution is 2.27. The third-order valence-electron chi connectivity index (χ3n) is 6.67. The van der Waals surface area contributed by atoms with E-state index in [4.69, 9.17) is 9.47 Å². The van der Waals surface area contributed by atoms with Crippen LogP contribution in [0.5, 0.6) is 11.5 Å². The first-order chi connectivity index (χ1) is 19.7. The lowest BCUT2D eigenvalue weighted by Gasteiger charge is -2.33. The molecule has 3 aromatic rings. The van der Waals surface area contributed by atoms with Crippen LogP contribution in [-0.4, -0.2) is 58.5 Å². The second-order valence-electron chi connectivity index (χ2n) is 9.46. The molecule has 41 heavy (non-hydrogen) atoms. The molecule has 10 heteroatoms. The molecule has 0 aliphatic carbocycles. The van der Waals surface area contributed by atoms with Gasteiger partial charge in [0.25, 0.3) is 10.0 Å². The molecule has 1 N–H and O–H groups in total. The van der Waals surface area contributed by atoms with E-state index in [0.717, 1.165) is 22.7 Å². The molecule has 0 aromatic heterocycles. The highest BCUT2D eigenvalue weighted by molar-refractivity contribution is 7.92. The summed E-state index contributed by atoms with van der Waals surface area (Å²) in [7, 11) is -1.06. The first-order valence-corrected chi connectivity index (χ1v) is 15.1. The third kappa shape index (κ3) is 8.23. The zero-order chi connectivity index (χ0) is 29.8.